The summed E-state index contributed by atoms with van der Waals surface area (Å²) in [5.41, 5.74) is 4.00. The van der Waals surface area contributed by atoms with E-state index in [1.165, 1.54) is 56.9 Å². The van der Waals surface area contributed by atoms with Gasteiger partial charge in [0, 0.05) is 0 Å². The maximum atomic E-state index is 10.3. The first-order valence-corrected chi connectivity index (χ1v) is 13.6. The number of aliphatic hydroxyl groups excluding tert-OH is 1. The molecule has 4 aliphatic carbocycles. The number of aliphatic hydroxyl groups is 1. The fourth-order valence-corrected chi connectivity index (χ4v) is 8.93. The second-order valence-corrected chi connectivity index (χ2v) is 13.1. The van der Waals surface area contributed by atoms with Gasteiger partial charge >= 0.3 is 0 Å². The molecule has 0 spiro atoms. The van der Waals surface area contributed by atoms with Crippen LogP contribution in [0.5, 0.6) is 0 Å². The Morgan fingerprint density at radius 3 is 2.52 bits per heavy atom. The van der Waals surface area contributed by atoms with Crippen LogP contribution < -0.4 is 0 Å². The third kappa shape index (κ3) is 4.00. The minimum absolute atomic E-state index is 0.0883. The first-order chi connectivity index (χ1) is 14.6. The zero-order valence-corrected chi connectivity index (χ0v) is 21.4. The molecule has 0 aromatic heterocycles. The summed E-state index contributed by atoms with van der Waals surface area (Å²) in [6, 6.07) is 0. The lowest BCUT2D eigenvalue weighted by Crippen LogP contribution is -2.50. The molecular weight excluding hydrogens is 376 g/mol. The van der Waals surface area contributed by atoms with Gasteiger partial charge in [-0.2, -0.15) is 0 Å². The van der Waals surface area contributed by atoms with Crippen molar-refractivity contribution in [1.82, 2.24) is 0 Å². The largest absolute Gasteiger partial charge is 0.393 e. The van der Waals surface area contributed by atoms with E-state index in [-0.39, 0.29) is 6.10 Å². The fraction of sp³-hybridized carbons (Fsp3) is 0.867. The average molecular weight is 427 g/mol. The van der Waals surface area contributed by atoms with Gasteiger partial charge in [0.15, 0.2) is 0 Å². The second-order valence-electron chi connectivity index (χ2n) is 13.1. The van der Waals surface area contributed by atoms with Crippen LogP contribution in [0.15, 0.2) is 23.8 Å². The summed E-state index contributed by atoms with van der Waals surface area (Å²) in [5.74, 6) is 5.72. The van der Waals surface area contributed by atoms with E-state index < -0.39 is 0 Å². The summed E-state index contributed by atoms with van der Waals surface area (Å²) in [5, 5.41) is 10.3. The van der Waals surface area contributed by atoms with Crippen molar-refractivity contribution in [2.45, 2.75) is 112 Å². The second kappa shape index (κ2) is 8.66. The van der Waals surface area contributed by atoms with E-state index in [2.05, 4.69) is 54.2 Å². The summed E-state index contributed by atoms with van der Waals surface area (Å²) < 4.78 is 0. The number of hydrogen-bond donors (Lipinski definition) is 1. The fourth-order valence-electron chi connectivity index (χ4n) is 8.93. The highest BCUT2D eigenvalue weighted by molar-refractivity contribution is 5.25. The van der Waals surface area contributed by atoms with E-state index in [1.54, 1.807) is 5.57 Å². The number of hydrogen-bond acceptors (Lipinski definition) is 1. The van der Waals surface area contributed by atoms with Crippen LogP contribution in [0.4, 0.5) is 0 Å². The summed E-state index contributed by atoms with van der Waals surface area (Å²) in [6.45, 7) is 19.3. The van der Waals surface area contributed by atoms with Gasteiger partial charge in [-0.05, 0) is 116 Å². The molecular formula is C30H50O. The van der Waals surface area contributed by atoms with Gasteiger partial charge < -0.3 is 5.11 Å². The van der Waals surface area contributed by atoms with Crippen LogP contribution in [-0.2, 0) is 0 Å². The first-order valence-electron chi connectivity index (χ1n) is 13.6. The van der Waals surface area contributed by atoms with Crippen LogP contribution >= 0.6 is 0 Å². The van der Waals surface area contributed by atoms with Crippen molar-refractivity contribution in [3.05, 3.63) is 23.8 Å². The third-order valence-electron chi connectivity index (χ3n) is 11.4. The van der Waals surface area contributed by atoms with Crippen molar-refractivity contribution in [3.8, 4) is 0 Å². The van der Waals surface area contributed by atoms with Crippen molar-refractivity contribution in [2.75, 3.05) is 0 Å². The summed E-state index contributed by atoms with van der Waals surface area (Å²) in [6.07, 6.45) is 15.3. The van der Waals surface area contributed by atoms with Crippen molar-refractivity contribution in [1.29, 1.82) is 0 Å². The Bertz CT molecular complexity index is 703. The maximum Gasteiger partial charge on any atom is 0.0577 e. The minimum Gasteiger partial charge on any atom is -0.393 e. The zero-order valence-electron chi connectivity index (χ0n) is 21.4. The lowest BCUT2D eigenvalue weighted by Gasteiger charge is -2.58. The lowest BCUT2D eigenvalue weighted by molar-refractivity contribution is -0.0571. The summed E-state index contributed by atoms with van der Waals surface area (Å²) >= 11 is 0. The molecule has 176 valence electrons. The molecule has 4 rings (SSSR count). The van der Waals surface area contributed by atoms with Gasteiger partial charge in [-0.1, -0.05) is 65.3 Å². The molecule has 4 aliphatic rings. The molecule has 1 N–H and O–H groups in total. The van der Waals surface area contributed by atoms with Crippen LogP contribution in [0, 0.1) is 52.3 Å². The highest BCUT2D eigenvalue weighted by Crippen LogP contribution is 2.67. The predicted molar refractivity (Wildman–Crippen MR) is 133 cm³/mol. The quantitative estimate of drug-likeness (QED) is 0.424. The molecule has 0 heterocycles. The smallest absolute Gasteiger partial charge is 0.0577 e. The number of fused-ring (bicyclic) bond motifs is 5. The van der Waals surface area contributed by atoms with Gasteiger partial charge in [-0.3, -0.25) is 0 Å². The highest BCUT2D eigenvalue weighted by Gasteiger charge is 2.59. The summed E-state index contributed by atoms with van der Waals surface area (Å²) in [7, 11) is 0. The molecule has 0 bridgehead atoms. The van der Waals surface area contributed by atoms with Gasteiger partial charge in [-0.15, -0.1) is 0 Å². The normalized spacial score (nSPS) is 44.1. The standard InChI is InChI=1S/C30H50O/c1-19(2)22(5)20(3)8-9-21(4)26-12-13-27-25-11-10-23-18-24(31)14-16-29(23,6)28(25)15-17-30(26,27)7/h10,19,21-22,24-28,31H,3,8-9,11-18H2,1-2,4-7H3/t21-,22?,24+,25+,26-,27+,28+,29+,30-/m1/s1. The minimum atomic E-state index is -0.0883. The van der Waals surface area contributed by atoms with E-state index in [0.717, 1.165) is 42.4 Å². The molecule has 0 aromatic rings. The van der Waals surface area contributed by atoms with Crippen LogP contribution in [0.3, 0.4) is 0 Å². The zero-order chi connectivity index (χ0) is 22.6. The maximum absolute atomic E-state index is 10.3. The third-order valence-corrected chi connectivity index (χ3v) is 11.4. The predicted octanol–water partition coefficient (Wildman–Crippen LogP) is 8.19. The lowest BCUT2D eigenvalue weighted by atomic mass is 9.47. The van der Waals surface area contributed by atoms with Crippen LogP contribution in [0.25, 0.3) is 0 Å². The van der Waals surface area contributed by atoms with Crippen LogP contribution in [0.1, 0.15) is 106 Å². The molecule has 0 saturated heterocycles. The van der Waals surface area contributed by atoms with E-state index >= 15 is 0 Å². The Morgan fingerprint density at radius 2 is 1.81 bits per heavy atom. The van der Waals surface area contributed by atoms with Gasteiger partial charge in [0.1, 0.15) is 0 Å². The van der Waals surface area contributed by atoms with Gasteiger partial charge in [0.25, 0.3) is 0 Å². The van der Waals surface area contributed by atoms with E-state index in [1.807, 2.05) is 0 Å². The Morgan fingerprint density at radius 1 is 1.06 bits per heavy atom. The number of rotatable bonds is 6. The monoisotopic (exact) mass is 426 g/mol. The molecule has 1 unspecified atom stereocenters. The van der Waals surface area contributed by atoms with E-state index in [4.69, 9.17) is 0 Å². The van der Waals surface area contributed by atoms with Gasteiger partial charge in [0.05, 0.1) is 6.10 Å². The Hall–Kier alpha value is -0.560. The van der Waals surface area contributed by atoms with Gasteiger partial charge in [0.2, 0.25) is 0 Å². The molecule has 3 saturated carbocycles. The molecule has 1 nitrogen and oxygen atoms in total. The Balaban J connectivity index is 1.45. The molecule has 0 aromatic carbocycles. The molecule has 1 heteroatoms. The molecule has 0 aliphatic heterocycles. The van der Waals surface area contributed by atoms with Crippen LogP contribution in [0.2, 0.25) is 0 Å². The SMILES string of the molecule is C=C(CC[C@@H](C)[C@H]1CC[C@H]2[C@@H]3CC=C4C[C@@H](O)CC[C@]4(C)[C@H]3CC[C@]12C)C(C)C(C)C. The van der Waals surface area contributed by atoms with Crippen molar-refractivity contribution < 1.29 is 5.11 Å². The Labute approximate surface area is 193 Å². The van der Waals surface area contributed by atoms with Crippen molar-refractivity contribution in [2.24, 2.45) is 52.3 Å². The van der Waals surface area contributed by atoms with Gasteiger partial charge in [-0.25, -0.2) is 0 Å². The Kier molecular flexibility index (Phi) is 6.59. The molecule has 0 amide bonds. The summed E-state index contributed by atoms with van der Waals surface area (Å²) in [4.78, 5) is 0. The van der Waals surface area contributed by atoms with Crippen molar-refractivity contribution in [3.63, 3.8) is 0 Å². The topological polar surface area (TPSA) is 20.2 Å². The van der Waals surface area contributed by atoms with E-state index in [9.17, 15) is 5.11 Å². The highest BCUT2D eigenvalue weighted by atomic mass is 16.3. The average Bonchev–Trinajstić information content (AvgIpc) is 3.09. The molecule has 9 atom stereocenters. The van der Waals surface area contributed by atoms with Crippen LogP contribution in [-0.4, -0.2) is 11.2 Å². The molecule has 0 radical (unpaired) electrons. The first kappa shape index (κ1) is 23.6. The van der Waals surface area contributed by atoms with E-state index in [0.29, 0.717) is 22.7 Å². The molecule has 3 fully saturated rings. The number of allylic oxidation sites excluding steroid dienone is 2. The van der Waals surface area contributed by atoms with Crippen molar-refractivity contribution >= 4 is 0 Å². The molecule has 31 heavy (non-hydrogen) atoms.